The highest BCUT2D eigenvalue weighted by Gasteiger charge is 2.09. The van der Waals surface area contributed by atoms with Crippen molar-refractivity contribution in [2.45, 2.75) is 12.5 Å². The molecule has 0 aliphatic carbocycles. The predicted molar refractivity (Wildman–Crippen MR) is 71.6 cm³/mol. The van der Waals surface area contributed by atoms with E-state index in [1.165, 1.54) is 5.56 Å². The molecule has 0 heterocycles. The van der Waals surface area contributed by atoms with Gasteiger partial charge >= 0.3 is 0 Å². The Hall–Kier alpha value is -0.280. The molecule has 1 atom stereocenters. The zero-order chi connectivity index (χ0) is 12.1. The number of halogens is 2. The molecule has 1 N–H and O–H groups in total. The third-order valence-corrected chi connectivity index (χ3v) is 3.20. The van der Waals surface area contributed by atoms with E-state index in [0.717, 1.165) is 13.0 Å². The lowest BCUT2D eigenvalue weighted by Gasteiger charge is -2.20. The average Bonchev–Trinajstić information content (AvgIpc) is 2.22. The Labute approximate surface area is 108 Å². The molecule has 0 radical (unpaired) electrons. The van der Waals surface area contributed by atoms with Gasteiger partial charge in [-0.1, -0.05) is 29.3 Å². The second-order valence-corrected chi connectivity index (χ2v) is 5.01. The van der Waals surface area contributed by atoms with Gasteiger partial charge in [-0.15, -0.1) is 0 Å². The average molecular weight is 261 g/mol. The van der Waals surface area contributed by atoms with Crippen molar-refractivity contribution >= 4 is 23.2 Å². The van der Waals surface area contributed by atoms with Crippen molar-refractivity contribution < 1.29 is 0 Å². The summed E-state index contributed by atoms with van der Waals surface area (Å²) in [6.07, 6.45) is 0.950. The fourth-order valence-corrected chi connectivity index (χ4v) is 1.97. The molecular formula is C12H18Cl2N2. The molecule has 2 nitrogen and oxygen atoms in total. The van der Waals surface area contributed by atoms with Gasteiger partial charge in [-0.25, -0.2) is 0 Å². The number of hydrogen-bond acceptors (Lipinski definition) is 2. The molecule has 0 aliphatic heterocycles. The number of nitrogens with one attached hydrogen (secondary N) is 1. The Kier molecular flexibility index (Phi) is 5.56. The van der Waals surface area contributed by atoms with Crippen LogP contribution in [0.5, 0.6) is 0 Å². The molecule has 0 saturated carbocycles. The van der Waals surface area contributed by atoms with E-state index in [0.29, 0.717) is 16.1 Å². The summed E-state index contributed by atoms with van der Waals surface area (Å²) in [6.45, 7) is 0.997. The van der Waals surface area contributed by atoms with Crippen molar-refractivity contribution in [3.8, 4) is 0 Å². The first-order chi connectivity index (χ1) is 7.52. The van der Waals surface area contributed by atoms with Crippen molar-refractivity contribution in [3.05, 3.63) is 33.8 Å². The van der Waals surface area contributed by atoms with Crippen molar-refractivity contribution in [2.24, 2.45) is 0 Å². The molecule has 1 unspecified atom stereocenters. The van der Waals surface area contributed by atoms with Crippen LogP contribution in [0.25, 0.3) is 0 Å². The van der Waals surface area contributed by atoms with E-state index in [4.69, 9.17) is 23.2 Å². The van der Waals surface area contributed by atoms with Gasteiger partial charge in [0.1, 0.15) is 0 Å². The Balaban J connectivity index is 2.66. The minimum atomic E-state index is 0.423. The maximum atomic E-state index is 5.98. The van der Waals surface area contributed by atoms with Crippen molar-refractivity contribution in [3.63, 3.8) is 0 Å². The van der Waals surface area contributed by atoms with Gasteiger partial charge in [-0.3, -0.25) is 0 Å². The smallest absolute Gasteiger partial charge is 0.0595 e. The van der Waals surface area contributed by atoms with E-state index < -0.39 is 0 Å². The van der Waals surface area contributed by atoms with Crippen LogP contribution >= 0.6 is 23.2 Å². The third-order valence-electron chi connectivity index (χ3n) is 2.46. The molecule has 1 aromatic carbocycles. The quantitative estimate of drug-likeness (QED) is 0.876. The van der Waals surface area contributed by atoms with Crippen LogP contribution in [0.2, 0.25) is 10.0 Å². The zero-order valence-electron chi connectivity index (χ0n) is 9.93. The number of likely N-dealkylation sites (N-methyl/N-ethyl adjacent to an activating group) is 2. The monoisotopic (exact) mass is 260 g/mol. The molecule has 16 heavy (non-hydrogen) atoms. The standard InChI is InChI=1S/C12H18Cl2N2/c1-15-10(8-16(2)3)6-9-4-5-11(13)12(14)7-9/h4-5,7,10,15H,6,8H2,1-3H3. The second-order valence-electron chi connectivity index (χ2n) is 4.20. The Morgan fingerprint density at radius 2 is 1.94 bits per heavy atom. The molecule has 4 heteroatoms. The molecule has 90 valence electrons. The summed E-state index contributed by atoms with van der Waals surface area (Å²) < 4.78 is 0. The van der Waals surface area contributed by atoms with Crippen molar-refractivity contribution in [1.82, 2.24) is 10.2 Å². The first-order valence-corrected chi connectivity index (χ1v) is 6.04. The molecule has 0 aliphatic rings. The van der Waals surface area contributed by atoms with Gasteiger partial charge in [0.25, 0.3) is 0 Å². The molecule has 1 aromatic rings. The third kappa shape index (κ3) is 4.30. The van der Waals surface area contributed by atoms with Gasteiger partial charge in [0.15, 0.2) is 0 Å². The van der Waals surface area contributed by atoms with Crippen LogP contribution in [0.3, 0.4) is 0 Å². The predicted octanol–water partition coefficient (Wildman–Crippen LogP) is 2.69. The van der Waals surface area contributed by atoms with Gasteiger partial charge in [0.05, 0.1) is 10.0 Å². The van der Waals surface area contributed by atoms with E-state index in [1.54, 1.807) is 0 Å². The molecule has 0 spiro atoms. The minimum Gasteiger partial charge on any atom is -0.315 e. The van der Waals surface area contributed by atoms with Crippen molar-refractivity contribution in [2.75, 3.05) is 27.7 Å². The number of nitrogens with zero attached hydrogens (tertiary/aromatic N) is 1. The summed E-state index contributed by atoms with van der Waals surface area (Å²) in [6, 6.07) is 6.23. The lowest BCUT2D eigenvalue weighted by Crippen LogP contribution is -2.37. The van der Waals surface area contributed by atoms with Crippen molar-refractivity contribution in [1.29, 1.82) is 0 Å². The molecule has 0 amide bonds. The molecule has 1 rings (SSSR count). The van der Waals surface area contributed by atoms with E-state index >= 15 is 0 Å². The topological polar surface area (TPSA) is 15.3 Å². The highest BCUT2D eigenvalue weighted by atomic mass is 35.5. The largest absolute Gasteiger partial charge is 0.315 e. The second kappa shape index (κ2) is 6.45. The lowest BCUT2D eigenvalue weighted by molar-refractivity contribution is 0.346. The van der Waals surface area contributed by atoms with Crippen LogP contribution in [0.1, 0.15) is 5.56 Å². The maximum Gasteiger partial charge on any atom is 0.0595 e. The normalized spacial score (nSPS) is 13.1. The molecule has 0 fully saturated rings. The fraction of sp³-hybridized carbons (Fsp3) is 0.500. The fourth-order valence-electron chi connectivity index (χ4n) is 1.65. The van der Waals surface area contributed by atoms with Crippen LogP contribution < -0.4 is 5.32 Å². The van der Waals surface area contributed by atoms with Crippen LogP contribution in [-0.2, 0) is 6.42 Å². The molecule has 0 saturated heterocycles. The minimum absolute atomic E-state index is 0.423. The Bertz CT molecular complexity index is 340. The summed E-state index contributed by atoms with van der Waals surface area (Å²) in [4.78, 5) is 2.17. The highest BCUT2D eigenvalue weighted by molar-refractivity contribution is 6.42. The Morgan fingerprint density at radius 3 is 2.44 bits per heavy atom. The van der Waals surface area contributed by atoms with E-state index in [1.807, 2.05) is 25.2 Å². The van der Waals surface area contributed by atoms with E-state index in [-0.39, 0.29) is 0 Å². The zero-order valence-corrected chi connectivity index (χ0v) is 11.4. The lowest BCUT2D eigenvalue weighted by atomic mass is 10.1. The van der Waals surface area contributed by atoms with Crippen LogP contribution in [0, 0.1) is 0 Å². The number of rotatable bonds is 5. The van der Waals surface area contributed by atoms with E-state index in [9.17, 15) is 0 Å². The first kappa shape index (κ1) is 13.8. The molecule has 0 bridgehead atoms. The summed E-state index contributed by atoms with van der Waals surface area (Å²) >= 11 is 11.9. The number of hydrogen-bond donors (Lipinski definition) is 1. The van der Waals surface area contributed by atoms with Crippen LogP contribution in [0.15, 0.2) is 18.2 Å². The van der Waals surface area contributed by atoms with Gasteiger partial charge in [-0.05, 0) is 45.3 Å². The van der Waals surface area contributed by atoms with Gasteiger partial charge in [-0.2, -0.15) is 0 Å². The Morgan fingerprint density at radius 1 is 1.25 bits per heavy atom. The van der Waals surface area contributed by atoms with Crippen LogP contribution in [0.4, 0.5) is 0 Å². The maximum absolute atomic E-state index is 5.98. The van der Waals surface area contributed by atoms with Gasteiger partial charge in [0, 0.05) is 12.6 Å². The summed E-state index contributed by atoms with van der Waals surface area (Å²) in [5, 5.41) is 4.53. The van der Waals surface area contributed by atoms with Crippen LogP contribution in [-0.4, -0.2) is 38.6 Å². The SMILES string of the molecule is CNC(Cc1ccc(Cl)c(Cl)c1)CN(C)C. The van der Waals surface area contributed by atoms with Gasteiger partial charge in [0.2, 0.25) is 0 Å². The highest BCUT2D eigenvalue weighted by Crippen LogP contribution is 2.23. The number of benzene rings is 1. The summed E-state index contributed by atoms with van der Waals surface area (Å²) in [7, 11) is 6.12. The first-order valence-electron chi connectivity index (χ1n) is 5.29. The van der Waals surface area contributed by atoms with E-state index in [2.05, 4.69) is 24.3 Å². The summed E-state index contributed by atoms with van der Waals surface area (Å²) in [5.41, 5.74) is 1.20. The van der Waals surface area contributed by atoms with Gasteiger partial charge < -0.3 is 10.2 Å². The molecule has 0 aromatic heterocycles. The molecular weight excluding hydrogens is 243 g/mol. The summed E-state index contributed by atoms with van der Waals surface area (Å²) in [5.74, 6) is 0.